The first kappa shape index (κ1) is 24.9. The highest BCUT2D eigenvalue weighted by Gasteiger charge is 2.26. The molecule has 0 saturated carbocycles. The molecule has 0 fully saturated rings. The zero-order valence-electron chi connectivity index (χ0n) is 19.3. The minimum absolute atomic E-state index is 0.0233. The molecule has 4 N–H and O–H groups in total. The molecule has 2 aromatic heterocycles. The number of amides is 1. The van der Waals surface area contributed by atoms with E-state index in [1.807, 2.05) is 45.2 Å². The van der Waals surface area contributed by atoms with Crippen LogP contribution < -0.4 is 27.2 Å². The van der Waals surface area contributed by atoms with Crippen LogP contribution in [-0.4, -0.2) is 28.5 Å². The summed E-state index contributed by atoms with van der Waals surface area (Å²) in [5.41, 5.74) is 5.09. The molecule has 172 valence electrons. The number of aromatic nitrogens is 2. The molecule has 0 spiro atoms. The fourth-order valence-corrected chi connectivity index (χ4v) is 4.47. The highest BCUT2D eigenvalue weighted by molar-refractivity contribution is 7.10. The van der Waals surface area contributed by atoms with Crippen molar-refractivity contribution in [3.63, 3.8) is 0 Å². The standard InChI is InChI=1S/C22H35N5O3S/c1-13(2)11-26(17(28)10-24-18(15(5)6)16-8-7-9-31-16)19-20(23)27(12-14(3)4)22(30)25-21(19)29/h7-9,13-15,18,24H,10-12,23H2,1-6H3,(H,25,29,30). The molecule has 0 bridgehead atoms. The van der Waals surface area contributed by atoms with Crippen molar-refractivity contribution < 1.29 is 4.79 Å². The molecule has 9 heteroatoms. The number of nitrogens with zero attached hydrogens (tertiary/aromatic N) is 2. The van der Waals surface area contributed by atoms with Gasteiger partial charge in [0.2, 0.25) is 5.91 Å². The maximum atomic E-state index is 13.3. The minimum atomic E-state index is -0.643. The van der Waals surface area contributed by atoms with E-state index in [1.54, 1.807) is 11.3 Å². The summed E-state index contributed by atoms with van der Waals surface area (Å²) < 4.78 is 1.33. The Balaban J connectivity index is 2.38. The first-order valence-corrected chi connectivity index (χ1v) is 11.6. The van der Waals surface area contributed by atoms with Gasteiger partial charge in [-0.2, -0.15) is 0 Å². The van der Waals surface area contributed by atoms with Crippen molar-refractivity contribution in [2.45, 2.75) is 54.1 Å². The highest BCUT2D eigenvalue weighted by atomic mass is 32.1. The molecule has 0 aromatic carbocycles. The van der Waals surface area contributed by atoms with Crippen molar-refractivity contribution in [3.05, 3.63) is 43.2 Å². The van der Waals surface area contributed by atoms with Gasteiger partial charge in [-0.05, 0) is 29.2 Å². The Kier molecular flexibility index (Phi) is 8.64. The molecule has 1 unspecified atom stereocenters. The summed E-state index contributed by atoms with van der Waals surface area (Å²) in [5, 5.41) is 5.35. The number of rotatable bonds is 10. The molecule has 0 aliphatic carbocycles. The van der Waals surface area contributed by atoms with E-state index in [-0.39, 0.29) is 47.8 Å². The molecule has 2 aromatic rings. The van der Waals surface area contributed by atoms with Gasteiger partial charge >= 0.3 is 5.69 Å². The number of carbonyl (C=O) groups excluding carboxylic acids is 1. The van der Waals surface area contributed by atoms with Crippen molar-refractivity contribution in [3.8, 4) is 0 Å². The van der Waals surface area contributed by atoms with Gasteiger partial charge in [0.1, 0.15) is 5.82 Å². The lowest BCUT2D eigenvalue weighted by molar-refractivity contribution is -0.118. The summed E-state index contributed by atoms with van der Waals surface area (Å²) >= 11 is 1.64. The summed E-state index contributed by atoms with van der Waals surface area (Å²) in [7, 11) is 0. The van der Waals surface area contributed by atoms with Crippen molar-refractivity contribution in [2.75, 3.05) is 23.7 Å². The van der Waals surface area contributed by atoms with Crippen LogP contribution in [0.1, 0.15) is 52.5 Å². The maximum Gasteiger partial charge on any atom is 0.330 e. The van der Waals surface area contributed by atoms with Crippen molar-refractivity contribution in [1.29, 1.82) is 0 Å². The zero-order chi connectivity index (χ0) is 23.3. The fraction of sp³-hybridized carbons (Fsp3) is 0.591. The first-order chi connectivity index (χ1) is 14.5. The predicted molar refractivity (Wildman–Crippen MR) is 128 cm³/mol. The van der Waals surface area contributed by atoms with Crippen LogP contribution in [0.2, 0.25) is 0 Å². The average molecular weight is 450 g/mol. The van der Waals surface area contributed by atoms with Crippen molar-refractivity contribution in [2.24, 2.45) is 17.8 Å². The number of anilines is 2. The van der Waals surface area contributed by atoms with E-state index < -0.39 is 11.2 Å². The molecule has 0 radical (unpaired) electrons. The molecule has 0 saturated heterocycles. The summed E-state index contributed by atoms with van der Waals surface area (Å²) in [6.07, 6.45) is 0. The Hall–Kier alpha value is -2.39. The van der Waals surface area contributed by atoms with E-state index in [4.69, 9.17) is 5.73 Å². The van der Waals surface area contributed by atoms with Gasteiger partial charge in [-0.25, -0.2) is 4.79 Å². The predicted octanol–water partition coefficient (Wildman–Crippen LogP) is 2.81. The normalized spacial score (nSPS) is 12.7. The fourth-order valence-electron chi connectivity index (χ4n) is 3.49. The van der Waals surface area contributed by atoms with Gasteiger partial charge in [-0.1, -0.05) is 47.6 Å². The highest BCUT2D eigenvalue weighted by Crippen LogP contribution is 2.26. The third kappa shape index (κ3) is 6.30. The second kappa shape index (κ2) is 10.8. The number of hydrogen-bond acceptors (Lipinski definition) is 6. The average Bonchev–Trinajstić information content (AvgIpc) is 3.17. The molecular weight excluding hydrogens is 414 g/mol. The Morgan fingerprint density at radius 1 is 1.19 bits per heavy atom. The maximum absolute atomic E-state index is 13.3. The molecule has 1 amide bonds. The lowest BCUT2D eigenvalue weighted by Crippen LogP contribution is -2.46. The smallest absolute Gasteiger partial charge is 0.330 e. The van der Waals surface area contributed by atoms with Gasteiger partial charge in [0, 0.05) is 24.0 Å². The monoisotopic (exact) mass is 449 g/mol. The molecule has 2 heterocycles. The van der Waals surface area contributed by atoms with E-state index in [2.05, 4.69) is 24.1 Å². The number of aromatic amines is 1. The molecule has 0 aliphatic rings. The van der Waals surface area contributed by atoms with E-state index in [1.165, 1.54) is 9.47 Å². The summed E-state index contributed by atoms with van der Waals surface area (Å²) in [5.74, 6) is 0.295. The minimum Gasteiger partial charge on any atom is -0.383 e. The van der Waals surface area contributed by atoms with Crippen LogP contribution in [0.4, 0.5) is 11.5 Å². The summed E-state index contributed by atoms with van der Waals surface area (Å²) in [6, 6.07) is 4.06. The number of nitrogen functional groups attached to an aromatic ring is 1. The summed E-state index contributed by atoms with van der Waals surface area (Å²) in [6.45, 7) is 12.7. The topological polar surface area (TPSA) is 113 Å². The number of H-pyrrole nitrogens is 1. The van der Waals surface area contributed by atoms with Gasteiger partial charge < -0.3 is 16.0 Å². The lowest BCUT2D eigenvalue weighted by atomic mass is 10.0. The lowest BCUT2D eigenvalue weighted by Gasteiger charge is -2.28. The van der Waals surface area contributed by atoms with Crippen molar-refractivity contribution >= 4 is 28.7 Å². The van der Waals surface area contributed by atoms with E-state index in [9.17, 15) is 14.4 Å². The third-order valence-corrected chi connectivity index (χ3v) is 5.83. The van der Waals surface area contributed by atoms with Crippen LogP contribution in [0, 0.1) is 17.8 Å². The first-order valence-electron chi connectivity index (χ1n) is 10.7. The van der Waals surface area contributed by atoms with Gasteiger partial charge in [0.15, 0.2) is 5.69 Å². The van der Waals surface area contributed by atoms with E-state index >= 15 is 0 Å². The zero-order valence-corrected chi connectivity index (χ0v) is 20.1. The van der Waals surface area contributed by atoms with Crippen LogP contribution >= 0.6 is 11.3 Å². The molecule has 0 aliphatic heterocycles. The molecule has 1 atom stereocenters. The van der Waals surface area contributed by atoms with Crippen LogP contribution in [0.5, 0.6) is 0 Å². The second-order valence-electron chi connectivity index (χ2n) is 9.01. The van der Waals surface area contributed by atoms with Crippen LogP contribution in [-0.2, 0) is 11.3 Å². The van der Waals surface area contributed by atoms with Crippen LogP contribution in [0.15, 0.2) is 27.1 Å². The van der Waals surface area contributed by atoms with Gasteiger partial charge in [-0.3, -0.25) is 19.1 Å². The molecule has 2 rings (SSSR count). The Bertz CT molecular complexity index is 976. The number of nitrogens with one attached hydrogen (secondary N) is 2. The van der Waals surface area contributed by atoms with E-state index in [0.29, 0.717) is 13.1 Å². The summed E-state index contributed by atoms with van der Waals surface area (Å²) in [4.78, 5) is 43.2. The molecule has 31 heavy (non-hydrogen) atoms. The number of hydrogen-bond donors (Lipinski definition) is 3. The van der Waals surface area contributed by atoms with Crippen LogP contribution in [0.25, 0.3) is 0 Å². The number of nitrogens with two attached hydrogens (primary N) is 1. The Morgan fingerprint density at radius 2 is 1.87 bits per heavy atom. The second-order valence-corrected chi connectivity index (χ2v) is 9.99. The van der Waals surface area contributed by atoms with Gasteiger partial charge in [-0.15, -0.1) is 11.3 Å². The number of carbonyl (C=O) groups is 1. The third-order valence-electron chi connectivity index (χ3n) is 4.87. The Morgan fingerprint density at radius 3 is 2.39 bits per heavy atom. The van der Waals surface area contributed by atoms with Gasteiger partial charge in [0.25, 0.3) is 5.56 Å². The van der Waals surface area contributed by atoms with Crippen molar-refractivity contribution in [1.82, 2.24) is 14.9 Å². The Labute approximate surface area is 187 Å². The molecule has 8 nitrogen and oxygen atoms in total. The molecular formula is C22H35N5O3S. The largest absolute Gasteiger partial charge is 0.383 e. The van der Waals surface area contributed by atoms with Gasteiger partial charge in [0.05, 0.1) is 6.54 Å². The SMILES string of the molecule is CC(C)CN(C(=O)CNC(c1cccs1)C(C)C)c1c(N)n(CC(C)C)c(=O)[nH]c1=O. The van der Waals surface area contributed by atoms with E-state index in [0.717, 1.165) is 4.88 Å². The number of thiophene rings is 1. The quantitative estimate of drug-likeness (QED) is 0.516. The van der Waals surface area contributed by atoms with Crippen LogP contribution in [0.3, 0.4) is 0 Å².